The molecular formula is C22H22N2O3. The zero-order chi connectivity index (χ0) is 18.8. The third-order valence-electron chi connectivity index (χ3n) is 5.25. The standard InChI is InChI=1S/C22H22N2O3/c23-21(25)20(24-22(26)16-9-10-27-13-16)12-19-17-7-3-1-5-14(17)11-15-6-2-4-8-18(15)19/h1-8,11,16,20H,9-10,12-13H2,(H2,23,25)(H,24,26)/t16-,20+/m0/s1. The molecule has 3 aromatic carbocycles. The van der Waals surface area contributed by atoms with Gasteiger partial charge in [-0.3, -0.25) is 9.59 Å². The van der Waals surface area contributed by atoms with Crippen molar-refractivity contribution in [2.75, 3.05) is 13.2 Å². The van der Waals surface area contributed by atoms with Gasteiger partial charge in [-0.15, -0.1) is 0 Å². The van der Waals surface area contributed by atoms with Crippen LogP contribution in [0.5, 0.6) is 0 Å². The molecule has 1 saturated heterocycles. The van der Waals surface area contributed by atoms with Crippen LogP contribution in [-0.2, 0) is 20.7 Å². The molecule has 1 aliphatic heterocycles. The molecule has 0 spiro atoms. The fourth-order valence-electron chi connectivity index (χ4n) is 3.79. The second-order valence-corrected chi connectivity index (χ2v) is 7.03. The zero-order valence-corrected chi connectivity index (χ0v) is 15.0. The lowest BCUT2D eigenvalue weighted by molar-refractivity contribution is -0.129. The highest BCUT2D eigenvalue weighted by Gasteiger charge is 2.28. The number of carbonyl (C=O) groups is 2. The van der Waals surface area contributed by atoms with E-state index in [9.17, 15) is 9.59 Å². The van der Waals surface area contributed by atoms with Crippen LogP contribution < -0.4 is 11.1 Å². The molecule has 5 nitrogen and oxygen atoms in total. The molecule has 138 valence electrons. The predicted molar refractivity (Wildman–Crippen MR) is 105 cm³/mol. The van der Waals surface area contributed by atoms with E-state index in [0.717, 1.165) is 27.1 Å². The average molecular weight is 362 g/mol. The number of hydrogen-bond acceptors (Lipinski definition) is 3. The number of ether oxygens (including phenoxy) is 1. The van der Waals surface area contributed by atoms with Gasteiger partial charge in [0.05, 0.1) is 12.5 Å². The van der Waals surface area contributed by atoms with E-state index >= 15 is 0 Å². The summed E-state index contributed by atoms with van der Waals surface area (Å²) in [5.74, 6) is -0.906. The van der Waals surface area contributed by atoms with Crippen LogP contribution in [0.1, 0.15) is 12.0 Å². The van der Waals surface area contributed by atoms with Gasteiger partial charge in [0.1, 0.15) is 6.04 Å². The van der Waals surface area contributed by atoms with E-state index < -0.39 is 11.9 Å². The van der Waals surface area contributed by atoms with E-state index in [-0.39, 0.29) is 11.8 Å². The molecule has 4 rings (SSSR count). The minimum atomic E-state index is -0.757. The lowest BCUT2D eigenvalue weighted by Crippen LogP contribution is -2.48. The normalized spacial score (nSPS) is 17.9. The molecule has 27 heavy (non-hydrogen) atoms. The second kappa shape index (κ2) is 7.37. The maximum Gasteiger partial charge on any atom is 0.240 e. The van der Waals surface area contributed by atoms with Crippen LogP contribution in [0.4, 0.5) is 0 Å². The molecule has 0 bridgehead atoms. The van der Waals surface area contributed by atoms with Gasteiger partial charge in [-0.1, -0.05) is 48.5 Å². The van der Waals surface area contributed by atoms with Crippen LogP contribution in [0.3, 0.4) is 0 Å². The second-order valence-electron chi connectivity index (χ2n) is 7.03. The van der Waals surface area contributed by atoms with Gasteiger partial charge in [-0.2, -0.15) is 0 Å². The van der Waals surface area contributed by atoms with Gasteiger partial charge in [0.15, 0.2) is 0 Å². The van der Waals surface area contributed by atoms with Gasteiger partial charge in [0.2, 0.25) is 11.8 Å². The first-order chi connectivity index (χ1) is 13.1. The third kappa shape index (κ3) is 3.51. The molecule has 3 aromatic rings. The van der Waals surface area contributed by atoms with E-state index in [4.69, 9.17) is 10.5 Å². The summed E-state index contributed by atoms with van der Waals surface area (Å²) in [6.07, 6.45) is 1.03. The van der Waals surface area contributed by atoms with Gasteiger partial charge < -0.3 is 15.8 Å². The molecular weight excluding hydrogens is 340 g/mol. The van der Waals surface area contributed by atoms with Gasteiger partial charge in [-0.05, 0) is 39.6 Å². The van der Waals surface area contributed by atoms with Crippen LogP contribution in [0.25, 0.3) is 21.5 Å². The molecule has 1 heterocycles. The number of carbonyl (C=O) groups excluding carboxylic acids is 2. The van der Waals surface area contributed by atoms with Crippen LogP contribution >= 0.6 is 0 Å². The summed E-state index contributed by atoms with van der Waals surface area (Å²) in [5.41, 5.74) is 6.66. The summed E-state index contributed by atoms with van der Waals surface area (Å²) < 4.78 is 5.28. The molecule has 2 amide bonds. The Kier molecular flexibility index (Phi) is 4.77. The predicted octanol–water partition coefficient (Wildman–Crippen LogP) is 2.54. The van der Waals surface area contributed by atoms with Crippen molar-refractivity contribution in [1.82, 2.24) is 5.32 Å². The molecule has 0 unspecified atom stereocenters. The first kappa shape index (κ1) is 17.5. The molecule has 2 atom stereocenters. The molecule has 1 aliphatic rings. The Hall–Kier alpha value is -2.92. The summed E-state index contributed by atoms with van der Waals surface area (Å²) in [6, 6.07) is 17.5. The van der Waals surface area contributed by atoms with E-state index in [2.05, 4.69) is 23.5 Å². The Bertz CT molecular complexity index is 955. The van der Waals surface area contributed by atoms with Crippen molar-refractivity contribution in [2.45, 2.75) is 18.9 Å². The highest BCUT2D eigenvalue weighted by atomic mass is 16.5. The topological polar surface area (TPSA) is 81.4 Å². The molecule has 0 radical (unpaired) electrons. The van der Waals surface area contributed by atoms with Crippen molar-refractivity contribution in [3.63, 3.8) is 0 Å². The van der Waals surface area contributed by atoms with Crippen molar-refractivity contribution >= 4 is 33.4 Å². The number of amides is 2. The molecule has 3 N–H and O–H groups in total. The Morgan fingerprint density at radius 1 is 1.07 bits per heavy atom. The maximum absolute atomic E-state index is 12.5. The van der Waals surface area contributed by atoms with Crippen LogP contribution in [0, 0.1) is 5.92 Å². The zero-order valence-electron chi connectivity index (χ0n) is 15.0. The Balaban J connectivity index is 1.72. The number of nitrogens with two attached hydrogens (primary N) is 1. The van der Waals surface area contributed by atoms with E-state index in [0.29, 0.717) is 26.1 Å². The molecule has 0 aromatic heterocycles. The Morgan fingerprint density at radius 3 is 2.26 bits per heavy atom. The number of rotatable bonds is 5. The lowest BCUT2D eigenvalue weighted by Gasteiger charge is -2.20. The highest BCUT2D eigenvalue weighted by Crippen LogP contribution is 2.29. The average Bonchev–Trinajstić information content (AvgIpc) is 3.21. The first-order valence-electron chi connectivity index (χ1n) is 9.20. The van der Waals surface area contributed by atoms with Crippen molar-refractivity contribution < 1.29 is 14.3 Å². The van der Waals surface area contributed by atoms with Gasteiger partial charge in [-0.25, -0.2) is 0 Å². The minimum absolute atomic E-state index is 0.166. The molecule has 0 aliphatic carbocycles. The number of primary amides is 1. The van der Waals surface area contributed by atoms with E-state index in [1.54, 1.807) is 0 Å². The minimum Gasteiger partial charge on any atom is -0.381 e. The maximum atomic E-state index is 12.5. The fraction of sp³-hybridized carbons (Fsp3) is 0.273. The Labute approximate surface area is 157 Å². The van der Waals surface area contributed by atoms with Gasteiger partial charge in [0.25, 0.3) is 0 Å². The number of benzene rings is 3. The smallest absolute Gasteiger partial charge is 0.240 e. The molecule has 5 heteroatoms. The number of nitrogens with one attached hydrogen (secondary N) is 1. The summed E-state index contributed by atoms with van der Waals surface area (Å²) >= 11 is 0. The van der Waals surface area contributed by atoms with Crippen molar-refractivity contribution in [3.05, 3.63) is 60.2 Å². The van der Waals surface area contributed by atoms with Gasteiger partial charge in [0, 0.05) is 13.0 Å². The van der Waals surface area contributed by atoms with E-state index in [1.807, 2.05) is 36.4 Å². The quantitative estimate of drug-likeness (QED) is 0.685. The van der Waals surface area contributed by atoms with Crippen molar-refractivity contribution in [1.29, 1.82) is 0 Å². The Morgan fingerprint density at radius 2 is 1.70 bits per heavy atom. The summed E-state index contributed by atoms with van der Waals surface area (Å²) in [6.45, 7) is 0.974. The van der Waals surface area contributed by atoms with Crippen LogP contribution in [-0.4, -0.2) is 31.1 Å². The summed E-state index contributed by atoms with van der Waals surface area (Å²) in [4.78, 5) is 24.6. The SMILES string of the molecule is NC(=O)[C@@H](Cc1c2ccccc2cc2ccccc12)NC(=O)[C@H]1CCOC1. The molecule has 1 fully saturated rings. The van der Waals surface area contributed by atoms with E-state index in [1.165, 1.54) is 0 Å². The van der Waals surface area contributed by atoms with Crippen molar-refractivity contribution in [3.8, 4) is 0 Å². The van der Waals surface area contributed by atoms with Crippen LogP contribution in [0.15, 0.2) is 54.6 Å². The third-order valence-corrected chi connectivity index (χ3v) is 5.25. The van der Waals surface area contributed by atoms with Gasteiger partial charge >= 0.3 is 0 Å². The van der Waals surface area contributed by atoms with Crippen LogP contribution in [0.2, 0.25) is 0 Å². The lowest BCUT2D eigenvalue weighted by atomic mass is 9.92. The summed E-state index contributed by atoms with van der Waals surface area (Å²) in [5, 5.41) is 7.19. The monoisotopic (exact) mass is 362 g/mol. The van der Waals surface area contributed by atoms with Crippen molar-refractivity contribution in [2.24, 2.45) is 11.7 Å². The highest BCUT2D eigenvalue weighted by molar-refractivity contribution is 6.03. The largest absolute Gasteiger partial charge is 0.381 e. The fourth-order valence-corrected chi connectivity index (χ4v) is 3.79. The molecule has 0 saturated carbocycles. The number of hydrogen-bond donors (Lipinski definition) is 2. The number of fused-ring (bicyclic) bond motifs is 2. The summed E-state index contributed by atoms with van der Waals surface area (Å²) in [7, 11) is 0. The first-order valence-corrected chi connectivity index (χ1v) is 9.20.